The van der Waals surface area contributed by atoms with E-state index in [1.807, 2.05) is 24.3 Å². The van der Waals surface area contributed by atoms with Crippen LogP contribution in [0.2, 0.25) is 0 Å². The number of rotatable bonds is 3. The number of nitrogens with one attached hydrogen (secondary N) is 1. The Hall–Kier alpha value is -1.40. The van der Waals surface area contributed by atoms with Crippen LogP contribution in [-0.2, 0) is 0 Å². The maximum absolute atomic E-state index is 5.72. The predicted octanol–water partition coefficient (Wildman–Crippen LogP) is 2.41. The molecule has 6 heteroatoms. The molecule has 0 saturated carbocycles. The second-order valence-electron chi connectivity index (χ2n) is 5.13. The number of hydrogen-bond acceptors (Lipinski definition) is 4. The number of anilines is 1. The summed E-state index contributed by atoms with van der Waals surface area (Å²) in [6.07, 6.45) is 2.24. The summed E-state index contributed by atoms with van der Waals surface area (Å²) in [4.78, 5) is 6.84. The van der Waals surface area contributed by atoms with Crippen LogP contribution < -0.4 is 10.6 Å². The van der Waals surface area contributed by atoms with Crippen LogP contribution in [-0.4, -0.2) is 34.8 Å². The van der Waals surface area contributed by atoms with Gasteiger partial charge in [-0.3, -0.25) is 5.10 Å². The van der Waals surface area contributed by atoms with Crippen molar-refractivity contribution in [2.75, 3.05) is 24.5 Å². The van der Waals surface area contributed by atoms with E-state index >= 15 is 0 Å². The second kappa shape index (κ2) is 5.93. The number of H-pyrrole nitrogens is 1. The number of nitrogens with zero attached hydrogens (tertiary/aromatic N) is 3. The zero-order chi connectivity index (χ0) is 13.9. The SMILES string of the molecule is NCC1CCN(c2n[nH]c(-c3ccccc3Br)n2)CC1. The molecule has 0 spiro atoms. The Morgan fingerprint density at radius 2 is 2.05 bits per heavy atom. The highest BCUT2D eigenvalue weighted by Crippen LogP contribution is 2.27. The summed E-state index contributed by atoms with van der Waals surface area (Å²) >= 11 is 3.54. The Kier molecular flexibility index (Phi) is 4.03. The van der Waals surface area contributed by atoms with Gasteiger partial charge in [-0.2, -0.15) is 4.98 Å². The zero-order valence-electron chi connectivity index (χ0n) is 11.2. The number of halogens is 1. The van der Waals surface area contributed by atoms with E-state index in [1.165, 1.54) is 0 Å². The van der Waals surface area contributed by atoms with Crippen molar-refractivity contribution in [1.82, 2.24) is 15.2 Å². The lowest BCUT2D eigenvalue weighted by Gasteiger charge is -2.30. The molecule has 0 bridgehead atoms. The highest BCUT2D eigenvalue weighted by molar-refractivity contribution is 9.10. The van der Waals surface area contributed by atoms with Gasteiger partial charge in [-0.25, -0.2) is 0 Å². The Bertz CT molecular complexity index is 574. The Morgan fingerprint density at radius 1 is 1.30 bits per heavy atom. The fourth-order valence-electron chi connectivity index (χ4n) is 2.54. The predicted molar refractivity (Wildman–Crippen MR) is 83.5 cm³/mol. The quantitative estimate of drug-likeness (QED) is 0.903. The minimum atomic E-state index is 0.646. The van der Waals surface area contributed by atoms with Crippen LogP contribution in [0.3, 0.4) is 0 Å². The van der Waals surface area contributed by atoms with Crippen molar-refractivity contribution in [1.29, 1.82) is 0 Å². The third-order valence-electron chi connectivity index (χ3n) is 3.83. The lowest BCUT2D eigenvalue weighted by Crippen LogP contribution is -2.36. The molecule has 1 aliphatic heterocycles. The number of aromatic amines is 1. The van der Waals surface area contributed by atoms with E-state index in [1.54, 1.807) is 0 Å². The van der Waals surface area contributed by atoms with Crippen LogP contribution in [0.25, 0.3) is 11.4 Å². The van der Waals surface area contributed by atoms with Gasteiger partial charge in [0.2, 0.25) is 5.95 Å². The molecule has 20 heavy (non-hydrogen) atoms. The Balaban J connectivity index is 1.76. The van der Waals surface area contributed by atoms with E-state index in [2.05, 4.69) is 36.0 Å². The zero-order valence-corrected chi connectivity index (χ0v) is 12.8. The lowest BCUT2D eigenvalue weighted by molar-refractivity contribution is 0.411. The molecule has 3 rings (SSSR count). The summed E-state index contributed by atoms with van der Waals surface area (Å²) in [7, 11) is 0. The van der Waals surface area contributed by atoms with Gasteiger partial charge in [0.05, 0.1) is 0 Å². The number of piperidine rings is 1. The molecule has 1 saturated heterocycles. The molecule has 0 amide bonds. The average molecular weight is 336 g/mol. The highest BCUT2D eigenvalue weighted by atomic mass is 79.9. The summed E-state index contributed by atoms with van der Waals surface area (Å²) in [5, 5.41) is 7.37. The number of aromatic nitrogens is 3. The van der Waals surface area contributed by atoms with Gasteiger partial charge in [0.25, 0.3) is 0 Å². The van der Waals surface area contributed by atoms with E-state index in [0.717, 1.165) is 54.3 Å². The van der Waals surface area contributed by atoms with Gasteiger partial charge in [-0.15, -0.1) is 5.10 Å². The van der Waals surface area contributed by atoms with Gasteiger partial charge in [-0.05, 0) is 31.4 Å². The standard InChI is InChI=1S/C14H18BrN5/c15-12-4-2-1-3-11(12)13-17-14(19-18-13)20-7-5-10(9-16)6-8-20/h1-4,10H,5-9,16H2,(H,17,18,19). The van der Waals surface area contributed by atoms with Crippen LogP contribution in [0.15, 0.2) is 28.7 Å². The van der Waals surface area contributed by atoms with Crippen molar-refractivity contribution in [3.63, 3.8) is 0 Å². The highest BCUT2D eigenvalue weighted by Gasteiger charge is 2.21. The fourth-order valence-corrected chi connectivity index (χ4v) is 3.01. The number of hydrogen-bond donors (Lipinski definition) is 2. The molecular formula is C14H18BrN5. The van der Waals surface area contributed by atoms with Crippen molar-refractivity contribution >= 4 is 21.9 Å². The topological polar surface area (TPSA) is 70.8 Å². The first-order chi connectivity index (χ1) is 9.78. The molecule has 1 aliphatic rings. The van der Waals surface area contributed by atoms with Crippen molar-refractivity contribution in [3.05, 3.63) is 28.7 Å². The molecule has 3 N–H and O–H groups in total. The fraction of sp³-hybridized carbons (Fsp3) is 0.429. The number of benzene rings is 1. The van der Waals surface area contributed by atoms with Crippen molar-refractivity contribution in [2.45, 2.75) is 12.8 Å². The maximum Gasteiger partial charge on any atom is 0.245 e. The van der Waals surface area contributed by atoms with Gasteiger partial charge in [-0.1, -0.05) is 34.1 Å². The summed E-state index contributed by atoms with van der Waals surface area (Å²) < 4.78 is 1.02. The third-order valence-corrected chi connectivity index (χ3v) is 4.52. The maximum atomic E-state index is 5.72. The first-order valence-electron chi connectivity index (χ1n) is 6.90. The van der Waals surface area contributed by atoms with Crippen molar-refractivity contribution in [2.24, 2.45) is 11.7 Å². The van der Waals surface area contributed by atoms with Crippen LogP contribution >= 0.6 is 15.9 Å². The van der Waals surface area contributed by atoms with Crippen LogP contribution in [0, 0.1) is 5.92 Å². The molecular weight excluding hydrogens is 318 g/mol. The van der Waals surface area contributed by atoms with Crippen LogP contribution in [0.4, 0.5) is 5.95 Å². The number of nitrogens with two attached hydrogens (primary N) is 1. The van der Waals surface area contributed by atoms with Gasteiger partial charge in [0.15, 0.2) is 5.82 Å². The summed E-state index contributed by atoms with van der Waals surface area (Å²) in [6.45, 7) is 2.74. The molecule has 5 nitrogen and oxygen atoms in total. The molecule has 0 aliphatic carbocycles. The normalized spacial score (nSPS) is 16.6. The smallest absolute Gasteiger partial charge is 0.245 e. The van der Waals surface area contributed by atoms with Crippen LogP contribution in [0.1, 0.15) is 12.8 Å². The first kappa shape index (κ1) is 13.6. The molecule has 1 aromatic carbocycles. The molecule has 2 heterocycles. The van der Waals surface area contributed by atoms with Gasteiger partial charge in [0.1, 0.15) is 0 Å². The van der Waals surface area contributed by atoms with E-state index in [9.17, 15) is 0 Å². The third kappa shape index (κ3) is 2.71. The lowest BCUT2D eigenvalue weighted by atomic mass is 9.97. The largest absolute Gasteiger partial charge is 0.340 e. The van der Waals surface area contributed by atoms with Crippen molar-refractivity contribution < 1.29 is 0 Å². The molecule has 2 aromatic rings. The monoisotopic (exact) mass is 335 g/mol. The van der Waals surface area contributed by atoms with Gasteiger partial charge in [0, 0.05) is 23.1 Å². The van der Waals surface area contributed by atoms with E-state index in [0.29, 0.717) is 5.92 Å². The summed E-state index contributed by atoms with van der Waals surface area (Å²) in [5.74, 6) is 2.23. The molecule has 1 aromatic heterocycles. The summed E-state index contributed by atoms with van der Waals surface area (Å²) in [5.41, 5.74) is 6.75. The molecule has 0 atom stereocenters. The Labute approximate surface area is 126 Å². The van der Waals surface area contributed by atoms with Crippen molar-refractivity contribution in [3.8, 4) is 11.4 Å². The molecule has 1 fully saturated rings. The first-order valence-corrected chi connectivity index (χ1v) is 7.69. The second-order valence-corrected chi connectivity index (χ2v) is 5.98. The van der Waals surface area contributed by atoms with Gasteiger partial charge >= 0.3 is 0 Å². The van der Waals surface area contributed by atoms with Crippen LogP contribution in [0.5, 0.6) is 0 Å². The van der Waals surface area contributed by atoms with E-state index < -0.39 is 0 Å². The molecule has 106 valence electrons. The van der Waals surface area contributed by atoms with Gasteiger partial charge < -0.3 is 10.6 Å². The average Bonchev–Trinajstić information content (AvgIpc) is 2.97. The Morgan fingerprint density at radius 3 is 2.75 bits per heavy atom. The molecule has 0 radical (unpaired) electrons. The van der Waals surface area contributed by atoms with E-state index in [-0.39, 0.29) is 0 Å². The minimum Gasteiger partial charge on any atom is -0.340 e. The van der Waals surface area contributed by atoms with E-state index in [4.69, 9.17) is 5.73 Å². The minimum absolute atomic E-state index is 0.646. The molecule has 0 unspecified atom stereocenters. The summed E-state index contributed by atoms with van der Waals surface area (Å²) in [6, 6.07) is 8.01.